The van der Waals surface area contributed by atoms with E-state index in [1.54, 1.807) is 22.7 Å². The van der Waals surface area contributed by atoms with Crippen molar-refractivity contribution >= 4 is 54.6 Å². The Balaban J connectivity index is 1.55. The Morgan fingerprint density at radius 2 is 2.18 bits per heavy atom. The van der Waals surface area contributed by atoms with E-state index in [0.717, 1.165) is 52.1 Å². The van der Waals surface area contributed by atoms with Crippen LogP contribution < -0.4 is 4.90 Å². The highest BCUT2D eigenvalue weighted by atomic mass is 32.1. The summed E-state index contributed by atoms with van der Waals surface area (Å²) in [5.41, 5.74) is 0. The van der Waals surface area contributed by atoms with Crippen molar-refractivity contribution in [2.24, 2.45) is 0 Å². The van der Waals surface area contributed by atoms with Crippen molar-refractivity contribution in [1.82, 2.24) is 9.88 Å². The van der Waals surface area contributed by atoms with E-state index in [9.17, 15) is 4.79 Å². The van der Waals surface area contributed by atoms with E-state index in [2.05, 4.69) is 30.2 Å². The highest BCUT2D eigenvalue weighted by Gasteiger charge is 2.26. The minimum Gasteiger partial charge on any atom is -0.376 e. The molecule has 4 rings (SSSR count). The van der Waals surface area contributed by atoms with Gasteiger partial charge in [0.25, 0.3) is 5.91 Å². The number of ether oxygens (including phenoxy) is 1. The molecular weight excluding hydrogens is 410 g/mol. The third-order valence-corrected chi connectivity index (χ3v) is 8.06. The van der Waals surface area contributed by atoms with E-state index in [-0.39, 0.29) is 12.0 Å². The minimum atomic E-state index is 0.0866. The zero-order valence-electron chi connectivity index (χ0n) is 16.2. The van der Waals surface area contributed by atoms with Crippen molar-refractivity contribution in [2.45, 2.75) is 39.3 Å². The predicted octanol–water partition coefficient (Wildman–Crippen LogP) is 5.09. The number of rotatable bonds is 8. The molecule has 8 heteroatoms. The quantitative estimate of drug-likeness (QED) is 0.495. The van der Waals surface area contributed by atoms with Crippen LogP contribution in [0.25, 0.3) is 9.53 Å². The number of aromatic nitrogens is 1. The summed E-state index contributed by atoms with van der Waals surface area (Å²) < 4.78 is 6.90. The van der Waals surface area contributed by atoms with Crippen LogP contribution in [0.3, 0.4) is 0 Å². The SMILES string of the molecule is CCN(CC)c1nc2sc(C(=O)N(Cc3cccs3)CC3CCCO3)cc2s1. The van der Waals surface area contributed by atoms with E-state index in [1.165, 1.54) is 16.2 Å². The molecule has 1 fully saturated rings. The summed E-state index contributed by atoms with van der Waals surface area (Å²) in [5, 5.41) is 3.10. The van der Waals surface area contributed by atoms with Crippen molar-refractivity contribution in [1.29, 1.82) is 0 Å². The Kier molecular flexibility index (Phi) is 6.30. The number of carbonyl (C=O) groups is 1. The summed E-state index contributed by atoms with van der Waals surface area (Å²) in [6.45, 7) is 8.26. The number of hydrogen-bond donors (Lipinski definition) is 0. The lowest BCUT2D eigenvalue weighted by atomic mass is 10.2. The summed E-state index contributed by atoms with van der Waals surface area (Å²) in [4.78, 5) is 25.2. The third-order valence-electron chi connectivity index (χ3n) is 4.98. The molecule has 0 N–H and O–H groups in total. The first-order valence-corrected chi connectivity index (χ1v) is 12.3. The van der Waals surface area contributed by atoms with Gasteiger partial charge in [-0.15, -0.1) is 22.7 Å². The molecule has 1 unspecified atom stereocenters. The normalized spacial score (nSPS) is 16.7. The lowest BCUT2D eigenvalue weighted by molar-refractivity contribution is 0.0513. The van der Waals surface area contributed by atoms with E-state index in [4.69, 9.17) is 9.72 Å². The lowest BCUT2D eigenvalue weighted by Gasteiger charge is -2.24. The molecular formula is C20H25N3O2S3. The van der Waals surface area contributed by atoms with Gasteiger partial charge in [0, 0.05) is 31.1 Å². The minimum absolute atomic E-state index is 0.0866. The maximum atomic E-state index is 13.3. The molecule has 28 heavy (non-hydrogen) atoms. The van der Waals surface area contributed by atoms with Crippen molar-refractivity contribution in [2.75, 3.05) is 31.1 Å². The summed E-state index contributed by atoms with van der Waals surface area (Å²) in [6, 6.07) is 6.14. The largest absolute Gasteiger partial charge is 0.376 e. The van der Waals surface area contributed by atoms with Crippen LogP contribution in [0, 0.1) is 0 Å². The van der Waals surface area contributed by atoms with Crippen LogP contribution in [0.4, 0.5) is 5.13 Å². The van der Waals surface area contributed by atoms with E-state index in [1.807, 2.05) is 17.0 Å². The van der Waals surface area contributed by atoms with Gasteiger partial charge in [-0.2, -0.15) is 0 Å². The Hall–Kier alpha value is -1.48. The number of anilines is 1. The van der Waals surface area contributed by atoms with Crippen LogP contribution in [0.5, 0.6) is 0 Å². The molecule has 5 nitrogen and oxygen atoms in total. The second-order valence-corrected chi connectivity index (χ2v) is 9.92. The van der Waals surface area contributed by atoms with Gasteiger partial charge in [0.15, 0.2) is 5.13 Å². The van der Waals surface area contributed by atoms with Gasteiger partial charge in [0.1, 0.15) is 4.83 Å². The third kappa shape index (κ3) is 4.25. The fourth-order valence-electron chi connectivity index (χ4n) is 3.46. The van der Waals surface area contributed by atoms with Crippen LogP contribution in [-0.4, -0.2) is 48.1 Å². The zero-order chi connectivity index (χ0) is 19.5. The van der Waals surface area contributed by atoms with Gasteiger partial charge in [0.2, 0.25) is 0 Å². The van der Waals surface area contributed by atoms with Crippen LogP contribution >= 0.6 is 34.0 Å². The number of thiazole rings is 1. The van der Waals surface area contributed by atoms with Gasteiger partial charge >= 0.3 is 0 Å². The summed E-state index contributed by atoms with van der Waals surface area (Å²) >= 11 is 4.87. The number of fused-ring (bicyclic) bond motifs is 1. The maximum Gasteiger partial charge on any atom is 0.264 e. The average Bonchev–Trinajstić information content (AvgIpc) is 3.46. The molecule has 0 saturated carbocycles. The molecule has 1 aliphatic rings. The smallest absolute Gasteiger partial charge is 0.264 e. The lowest BCUT2D eigenvalue weighted by Crippen LogP contribution is -2.36. The van der Waals surface area contributed by atoms with Gasteiger partial charge in [-0.25, -0.2) is 4.98 Å². The van der Waals surface area contributed by atoms with Gasteiger partial charge in [-0.05, 0) is 44.2 Å². The number of carbonyl (C=O) groups excluding carboxylic acids is 1. The molecule has 3 aromatic heterocycles. The van der Waals surface area contributed by atoms with E-state index in [0.29, 0.717) is 13.1 Å². The van der Waals surface area contributed by atoms with Gasteiger partial charge < -0.3 is 14.5 Å². The molecule has 1 amide bonds. The number of amides is 1. The van der Waals surface area contributed by atoms with Crippen LogP contribution in [0.15, 0.2) is 23.6 Å². The van der Waals surface area contributed by atoms with Crippen LogP contribution in [0.2, 0.25) is 0 Å². The predicted molar refractivity (Wildman–Crippen MR) is 119 cm³/mol. The molecule has 1 saturated heterocycles. The fraction of sp³-hybridized carbons (Fsp3) is 0.500. The standard InChI is InChI=1S/C20H25N3O2S3/c1-3-22(4-2)20-21-18-16(28-20)11-17(27-18)19(24)23(12-14-7-5-9-25-14)13-15-8-6-10-26-15/h6,8,10-11,14H,3-5,7,9,12-13H2,1-2H3. The first-order valence-electron chi connectivity index (χ1n) is 9.76. The van der Waals surface area contributed by atoms with Gasteiger partial charge in [-0.3, -0.25) is 4.79 Å². The molecule has 3 aromatic rings. The van der Waals surface area contributed by atoms with Crippen molar-refractivity contribution < 1.29 is 9.53 Å². The summed E-state index contributed by atoms with van der Waals surface area (Å²) in [6.07, 6.45) is 2.26. The summed E-state index contributed by atoms with van der Waals surface area (Å²) in [7, 11) is 0. The molecule has 0 radical (unpaired) electrons. The molecule has 1 aliphatic heterocycles. The molecule has 1 atom stereocenters. The number of hydrogen-bond acceptors (Lipinski definition) is 7. The Labute approximate surface area is 177 Å². The Morgan fingerprint density at radius 1 is 1.32 bits per heavy atom. The molecule has 150 valence electrons. The second-order valence-electron chi connectivity index (χ2n) is 6.85. The van der Waals surface area contributed by atoms with Crippen LogP contribution in [0.1, 0.15) is 41.2 Å². The second kappa shape index (κ2) is 8.90. The van der Waals surface area contributed by atoms with Crippen LogP contribution in [-0.2, 0) is 11.3 Å². The molecule has 0 aliphatic carbocycles. The van der Waals surface area contributed by atoms with Crippen molar-refractivity contribution in [3.63, 3.8) is 0 Å². The zero-order valence-corrected chi connectivity index (χ0v) is 18.7. The van der Waals surface area contributed by atoms with Gasteiger partial charge in [0.05, 0.1) is 22.2 Å². The number of thiophene rings is 2. The Bertz CT molecular complexity index is 877. The van der Waals surface area contributed by atoms with Gasteiger partial charge in [-0.1, -0.05) is 17.4 Å². The average molecular weight is 436 g/mol. The summed E-state index contributed by atoms with van der Waals surface area (Å²) in [5.74, 6) is 0.0866. The first kappa shape index (κ1) is 19.8. The Morgan fingerprint density at radius 3 is 2.82 bits per heavy atom. The van der Waals surface area contributed by atoms with Crippen molar-refractivity contribution in [3.8, 4) is 0 Å². The molecule has 0 spiro atoms. The van der Waals surface area contributed by atoms with E-state index < -0.39 is 0 Å². The molecule has 0 bridgehead atoms. The maximum absolute atomic E-state index is 13.3. The molecule has 0 aromatic carbocycles. The molecule has 4 heterocycles. The first-order chi connectivity index (χ1) is 13.7. The van der Waals surface area contributed by atoms with E-state index >= 15 is 0 Å². The highest BCUT2D eigenvalue weighted by Crippen LogP contribution is 2.35. The number of nitrogens with zero attached hydrogens (tertiary/aromatic N) is 3. The monoisotopic (exact) mass is 435 g/mol. The van der Waals surface area contributed by atoms with Crippen molar-refractivity contribution in [3.05, 3.63) is 33.3 Å². The topological polar surface area (TPSA) is 45.7 Å². The fourth-order valence-corrected chi connectivity index (χ4v) is 6.48. The highest BCUT2D eigenvalue weighted by molar-refractivity contribution is 7.29.